The zero-order valence-corrected chi connectivity index (χ0v) is 9.05. The van der Waals surface area contributed by atoms with E-state index in [9.17, 15) is 13.2 Å². The molecule has 0 bridgehead atoms. The van der Waals surface area contributed by atoms with Gasteiger partial charge in [0.25, 0.3) is 0 Å². The number of aromatic nitrogens is 1. The van der Waals surface area contributed by atoms with Crippen molar-refractivity contribution in [1.29, 1.82) is 0 Å². The largest absolute Gasteiger partial charge is 0.417 e. The lowest BCUT2D eigenvalue weighted by Gasteiger charge is -2.19. The third-order valence-corrected chi connectivity index (χ3v) is 2.28. The third kappa shape index (κ3) is 2.93. The van der Waals surface area contributed by atoms with Crippen LogP contribution in [0.1, 0.15) is 31.1 Å². The van der Waals surface area contributed by atoms with E-state index in [1.165, 1.54) is 6.07 Å². The molecule has 6 heteroatoms. The van der Waals surface area contributed by atoms with Crippen molar-refractivity contribution in [1.82, 2.24) is 10.4 Å². The first-order valence-corrected chi connectivity index (χ1v) is 4.85. The van der Waals surface area contributed by atoms with E-state index in [4.69, 9.17) is 5.84 Å². The quantitative estimate of drug-likeness (QED) is 0.622. The monoisotopic (exact) mass is 233 g/mol. The van der Waals surface area contributed by atoms with Crippen molar-refractivity contribution in [3.8, 4) is 0 Å². The van der Waals surface area contributed by atoms with Gasteiger partial charge in [0.1, 0.15) is 0 Å². The van der Waals surface area contributed by atoms with Crippen molar-refractivity contribution in [3.05, 3.63) is 29.6 Å². The number of hydrazine groups is 1. The van der Waals surface area contributed by atoms with Gasteiger partial charge < -0.3 is 0 Å². The molecule has 1 aromatic heterocycles. The molecule has 1 unspecified atom stereocenters. The van der Waals surface area contributed by atoms with Gasteiger partial charge in [0.05, 0.1) is 17.3 Å². The minimum atomic E-state index is -4.35. The van der Waals surface area contributed by atoms with Gasteiger partial charge in [0.15, 0.2) is 0 Å². The maximum absolute atomic E-state index is 12.3. The normalized spacial score (nSPS) is 14.2. The summed E-state index contributed by atoms with van der Waals surface area (Å²) >= 11 is 0. The molecule has 3 nitrogen and oxygen atoms in total. The molecule has 1 atom stereocenters. The fraction of sp³-hybridized carbons (Fsp3) is 0.500. The Bertz CT molecular complexity index is 332. The van der Waals surface area contributed by atoms with Gasteiger partial charge in [-0.3, -0.25) is 16.3 Å². The lowest BCUT2D eigenvalue weighted by Crippen LogP contribution is -2.32. The van der Waals surface area contributed by atoms with E-state index in [1.807, 2.05) is 13.8 Å². The molecule has 0 spiro atoms. The van der Waals surface area contributed by atoms with Crippen LogP contribution in [0, 0.1) is 5.92 Å². The van der Waals surface area contributed by atoms with Crippen molar-refractivity contribution >= 4 is 0 Å². The van der Waals surface area contributed by atoms with Gasteiger partial charge in [-0.2, -0.15) is 13.2 Å². The fourth-order valence-electron chi connectivity index (χ4n) is 1.38. The number of rotatable bonds is 3. The van der Waals surface area contributed by atoms with Gasteiger partial charge in [-0.25, -0.2) is 0 Å². The summed E-state index contributed by atoms with van der Waals surface area (Å²) in [6.45, 7) is 3.81. The van der Waals surface area contributed by atoms with Crippen LogP contribution in [0.5, 0.6) is 0 Å². The molecule has 16 heavy (non-hydrogen) atoms. The van der Waals surface area contributed by atoms with Crippen LogP contribution in [-0.2, 0) is 6.18 Å². The second-order valence-corrected chi connectivity index (χ2v) is 3.86. The SMILES string of the molecule is CC(C)C(NN)c1ccc(C(F)(F)F)cn1. The van der Waals surface area contributed by atoms with Crippen molar-refractivity contribution in [2.45, 2.75) is 26.1 Å². The summed E-state index contributed by atoms with van der Waals surface area (Å²) in [5, 5.41) is 0. The molecular formula is C10H14F3N3. The Kier molecular flexibility index (Phi) is 3.88. The number of nitrogens with zero attached hydrogens (tertiary/aromatic N) is 1. The molecule has 0 saturated carbocycles. The minimum absolute atomic E-state index is 0.147. The summed E-state index contributed by atoms with van der Waals surface area (Å²) in [7, 11) is 0. The average Bonchev–Trinajstić information content (AvgIpc) is 2.17. The van der Waals surface area contributed by atoms with Crippen LogP contribution in [0.4, 0.5) is 13.2 Å². The minimum Gasteiger partial charge on any atom is -0.271 e. The molecule has 0 radical (unpaired) electrons. The average molecular weight is 233 g/mol. The number of nitrogens with one attached hydrogen (secondary N) is 1. The molecule has 1 rings (SSSR count). The summed E-state index contributed by atoms with van der Waals surface area (Å²) in [5.74, 6) is 5.46. The van der Waals surface area contributed by atoms with Crippen molar-refractivity contribution in [3.63, 3.8) is 0 Å². The van der Waals surface area contributed by atoms with Gasteiger partial charge in [-0.15, -0.1) is 0 Å². The van der Waals surface area contributed by atoms with E-state index in [0.29, 0.717) is 5.69 Å². The van der Waals surface area contributed by atoms with Crippen LogP contribution in [0.15, 0.2) is 18.3 Å². The highest BCUT2D eigenvalue weighted by atomic mass is 19.4. The van der Waals surface area contributed by atoms with Crippen LogP contribution < -0.4 is 11.3 Å². The maximum atomic E-state index is 12.3. The molecule has 90 valence electrons. The highest BCUT2D eigenvalue weighted by Crippen LogP contribution is 2.29. The van der Waals surface area contributed by atoms with Crippen molar-refractivity contribution < 1.29 is 13.2 Å². The molecule has 0 aliphatic carbocycles. The number of halogens is 3. The van der Waals surface area contributed by atoms with E-state index >= 15 is 0 Å². The highest BCUT2D eigenvalue weighted by Gasteiger charge is 2.31. The van der Waals surface area contributed by atoms with E-state index in [-0.39, 0.29) is 12.0 Å². The van der Waals surface area contributed by atoms with E-state index in [2.05, 4.69) is 10.4 Å². The number of hydrogen-bond donors (Lipinski definition) is 2. The zero-order valence-electron chi connectivity index (χ0n) is 9.05. The second-order valence-electron chi connectivity index (χ2n) is 3.86. The van der Waals surface area contributed by atoms with E-state index in [0.717, 1.165) is 12.3 Å². The molecular weight excluding hydrogens is 219 g/mol. The fourth-order valence-corrected chi connectivity index (χ4v) is 1.38. The van der Waals surface area contributed by atoms with Crippen LogP contribution >= 0.6 is 0 Å². The number of nitrogens with two attached hydrogens (primary N) is 1. The van der Waals surface area contributed by atoms with Crippen molar-refractivity contribution in [2.75, 3.05) is 0 Å². The highest BCUT2D eigenvalue weighted by molar-refractivity contribution is 5.19. The summed E-state index contributed by atoms with van der Waals surface area (Å²) in [6.07, 6.45) is -3.53. The van der Waals surface area contributed by atoms with E-state index in [1.54, 1.807) is 0 Å². The molecule has 0 saturated heterocycles. The number of alkyl halides is 3. The number of hydrogen-bond acceptors (Lipinski definition) is 3. The van der Waals surface area contributed by atoms with Gasteiger partial charge in [0, 0.05) is 6.20 Å². The van der Waals surface area contributed by atoms with E-state index < -0.39 is 11.7 Å². The smallest absolute Gasteiger partial charge is 0.271 e. The summed E-state index contributed by atoms with van der Waals surface area (Å²) in [6, 6.07) is 2.10. The Morgan fingerprint density at radius 3 is 2.25 bits per heavy atom. The van der Waals surface area contributed by atoms with Gasteiger partial charge in [-0.1, -0.05) is 13.8 Å². The Labute approximate surface area is 91.8 Å². The van der Waals surface area contributed by atoms with Crippen LogP contribution in [-0.4, -0.2) is 4.98 Å². The molecule has 1 aromatic rings. The molecule has 0 aliphatic heterocycles. The third-order valence-electron chi connectivity index (χ3n) is 2.28. The molecule has 0 aliphatic rings. The Hall–Kier alpha value is -1.14. The predicted octanol–water partition coefficient (Wildman–Crippen LogP) is 2.26. The standard InChI is InChI=1S/C10H14F3N3/c1-6(2)9(16-14)8-4-3-7(5-15-8)10(11,12)13/h3-6,9,16H,14H2,1-2H3. The molecule has 0 fully saturated rings. The first-order valence-electron chi connectivity index (χ1n) is 4.85. The molecule has 1 heterocycles. The molecule has 0 amide bonds. The predicted molar refractivity (Wildman–Crippen MR) is 54.1 cm³/mol. The lowest BCUT2D eigenvalue weighted by molar-refractivity contribution is -0.137. The zero-order chi connectivity index (χ0) is 12.3. The topological polar surface area (TPSA) is 50.9 Å². The maximum Gasteiger partial charge on any atom is 0.417 e. The number of pyridine rings is 1. The summed E-state index contributed by atoms with van der Waals surface area (Å²) in [4.78, 5) is 3.78. The molecule has 3 N–H and O–H groups in total. The Balaban J connectivity index is 2.94. The lowest BCUT2D eigenvalue weighted by atomic mass is 10.0. The Morgan fingerprint density at radius 1 is 1.31 bits per heavy atom. The van der Waals surface area contributed by atoms with Crippen molar-refractivity contribution in [2.24, 2.45) is 11.8 Å². The molecule has 0 aromatic carbocycles. The summed E-state index contributed by atoms with van der Waals surface area (Å²) < 4.78 is 36.8. The second kappa shape index (κ2) is 4.80. The van der Waals surface area contributed by atoms with Crippen LogP contribution in [0.25, 0.3) is 0 Å². The Morgan fingerprint density at radius 2 is 1.94 bits per heavy atom. The first kappa shape index (κ1) is 12.9. The van der Waals surface area contributed by atoms with Gasteiger partial charge in [0.2, 0.25) is 0 Å². The van der Waals surface area contributed by atoms with Gasteiger partial charge >= 0.3 is 6.18 Å². The van der Waals surface area contributed by atoms with Crippen LogP contribution in [0.3, 0.4) is 0 Å². The van der Waals surface area contributed by atoms with Crippen LogP contribution in [0.2, 0.25) is 0 Å². The van der Waals surface area contributed by atoms with Gasteiger partial charge in [-0.05, 0) is 18.1 Å². The summed E-state index contributed by atoms with van der Waals surface area (Å²) in [5.41, 5.74) is 2.28. The first-order chi connectivity index (χ1) is 7.36.